The first-order valence-electron chi connectivity index (χ1n) is 6.49. The van der Waals surface area contributed by atoms with Gasteiger partial charge in [-0.05, 0) is 42.2 Å². The molecule has 0 radical (unpaired) electrons. The number of methoxy groups -OCH3 is 1. The summed E-state index contributed by atoms with van der Waals surface area (Å²) >= 11 is 0. The van der Waals surface area contributed by atoms with Crippen LogP contribution in [0.1, 0.15) is 37.0 Å². The molecule has 0 heterocycles. The quantitative estimate of drug-likeness (QED) is 0.815. The van der Waals surface area contributed by atoms with Crippen LogP contribution in [-0.4, -0.2) is 18.8 Å². The molecule has 3 atom stereocenters. The van der Waals surface area contributed by atoms with E-state index in [-0.39, 0.29) is 6.10 Å². The smallest absolute Gasteiger partial charge is 0.0824 e. The van der Waals surface area contributed by atoms with E-state index in [2.05, 4.69) is 25.1 Å². The Morgan fingerprint density at radius 1 is 1.41 bits per heavy atom. The molecule has 0 fully saturated rings. The maximum absolute atomic E-state index is 10.5. The highest BCUT2D eigenvalue weighted by Crippen LogP contribution is 2.37. The van der Waals surface area contributed by atoms with Crippen LogP contribution in [0.5, 0.6) is 0 Å². The van der Waals surface area contributed by atoms with E-state index in [4.69, 9.17) is 4.74 Å². The average Bonchev–Trinajstić information content (AvgIpc) is 2.50. The minimum Gasteiger partial charge on any atom is -0.388 e. The average molecular weight is 234 g/mol. The summed E-state index contributed by atoms with van der Waals surface area (Å²) in [5.41, 5.74) is 2.44. The van der Waals surface area contributed by atoms with Crippen LogP contribution in [0.25, 0.3) is 0 Å². The van der Waals surface area contributed by atoms with Gasteiger partial charge in [-0.25, -0.2) is 0 Å². The molecule has 0 saturated heterocycles. The Morgan fingerprint density at radius 2 is 2.18 bits per heavy atom. The van der Waals surface area contributed by atoms with Crippen molar-refractivity contribution < 1.29 is 9.84 Å². The van der Waals surface area contributed by atoms with E-state index in [1.54, 1.807) is 7.11 Å². The Hall–Kier alpha value is -0.860. The van der Waals surface area contributed by atoms with E-state index in [1.807, 2.05) is 6.07 Å². The fourth-order valence-corrected chi connectivity index (χ4v) is 2.95. The van der Waals surface area contributed by atoms with Crippen LogP contribution in [-0.2, 0) is 11.2 Å². The number of aliphatic hydroxyl groups is 1. The SMILES string of the molecule is COCC(C)C1CCCc2ccccc2C1O. The lowest BCUT2D eigenvalue weighted by Gasteiger charge is -2.27. The molecule has 3 unspecified atom stereocenters. The maximum atomic E-state index is 10.5. The molecule has 0 aromatic heterocycles. The second-order valence-corrected chi connectivity index (χ2v) is 5.13. The van der Waals surface area contributed by atoms with Gasteiger partial charge in [-0.2, -0.15) is 0 Å². The molecule has 94 valence electrons. The molecular weight excluding hydrogens is 212 g/mol. The summed E-state index contributed by atoms with van der Waals surface area (Å²) in [6.45, 7) is 2.90. The lowest BCUT2D eigenvalue weighted by atomic mass is 9.84. The van der Waals surface area contributed by atoms with Gasteiger partial charge in [-0.3, -0.25) is 0 Å². The monoisotopic (exact) mass is 234 g/mol. The highest BCUT2D eigenvalue weighted by Gasteiger charge is 2.29. The van der Waals surface area contributed by atoms with Gasteiger partial charge in [0.15, 0.2) is 0 Å². The second-order valence-electron chi connectivity index (χ2n) is 5.13. The van der Waals surface area contributed by atoms with Crippen LogP contribution in [0.15, 0.2) is 24.3 Å². The molecule has 2 rings (SSSR count). The molecule has 17 heavy (non-hydrogen) atoms. The van der Waals surface area contributed by atoms with E-state index in [0.717, 1.165) is 31.4 Å². The van der Waals surface area contributed by atoms with Crippen LogP contribution < -0.4 is 0 Å². The number of aliphatic hydroxyl groups excluding tert-OH is 1. The molecular formula is C15H22O2. The molecule has 2 nitrogen and oxygen atoms in total. The number of hydrogen-bond acceptors (Lipinski definition) is 2. The van der Waals surface area contributed by atoms with Crippen molar-refractivity contribution in [2.75, 3.05) is 13.7 Å². The summed E-state index contributed by atoms with van der Waals surface area (Å²) in [5, 5.41) is 10.5. The summed E-state index contributed by atoms with van der Waals surface area (Å²) in [5.74, 6) is 0.722. The van der Waals surface area contributed by atoms with Gasteiger partial charge in [0.05, 0.1) is 6.10 Å². The number of aryl methyl sites for hydroxylation is 1. The summed E-state index contributed by atoms with van der Waals surface area (Å²) < 4.78 is 5.22. The van der Waals surface area contributed by atoms with Crippen LogP contribution in [0.2, 0.25) is 0 Å². The lowest BCUT2D eigenvalue weighted by Crippen LogP contribution is -2.23. The van der Waals surface area contributed by atoms with Crippen molar-refractivity contribution in [3.05, 3.63) is 35.4 Å². The first kappa shape index (κ1) is 12.6. The molecule has 0 aliphatic heterocycles. The van der Waals surface area contributed by atoms with Crippen molar-refractivity contribution in [2.45, 2.75) is 32.3 Å². The molecule has 1 N–H and O–H groups in total. The third kappa shape index (κ3) is 2.70. The van der Waals surface area contributed by atoms with E-state index < -0.39 is 0 Å². The van der Waals surface area contributed by atoms with Gasteiger partial charge in [0.25, 0.3) is 0 Å². The van der Waals surface area contributed by atoms with Crippen molar-refractivity contribution in [2.24, 2.45) is 11.8 Å². The molecule has 1 aromatic rings. The molecule has 1 aliphatic carbocycles. The first-order valence-corrected chi connectivity index (χ1v) is 6.49. The summed E-state index contributed by atoms with van der Waals surface area (Å²) in [4.78, 5) is 0. The van der Waals surface area contributed by atoms with Crippen LogP contribution in [0.4, 0.5) is 0 Å². The Kier molecular flexibility index (Phi) is 4.19. The Bertz CT molecular complexity index is 362. The van der Waals surface area contributed by atoms with Gasteiger partial charge in [0.1, 0.15) is 0 Å². The zero-order valence-electron chi connectivity index (χ0n) is 10.7. The van der Waals surface area contributed by atoms with Gasteiger partial charge in [-0.1, -0.05) is 31.2 Å². The van der Waals surface area contributed by atoms with Gasteiger partial charge in [0, 0.05) is 13.7 Å². The third-order valence-corrected chi connectivity index (χ3v) is 3.92. The highest BCUT2D eigenvalue weighted by molar-refractivity contribution is 5.30. The summed E-state index contributed by atoms with van der Waals surface area (Å²) in [6.07, 6.45) is 3.00. The Labute approximate surface area is 104 Å². The van der Waals surface area contributed by atoms with Crippen molar-refractivity contribution in [3.63, 3.8) is 0 Å². The van der Waals surface area contributed by atoms with E-state index in [1.165, 1.54) is 5.56 Å². The van der Waals surface area contributed by atoms with Crippen molar-refractivity contribution in [1.82, 2.24) is 0 Å². The Balaban J connectivity index is 2.22. The number of hydrogen-bond donors (Lipinski definition) is 1. The Morgan fingerprint density at radius 3 is 2.94 bits per heavy atom. The fraction of sp³-hybridized carbons (Fsp3) is 0.600. The largest absolute Gasteiger partial charge is 0.388 e. The van der Waals surface area contributed by atoms with Crippen LogP contribution in [0, 0.1) is 11.8 Å². The lowest BCUT2D eigenvalue weighted by molar-refractivity contribution is 0.0385. The molecule has 0 saturated carbocycles. The standard InChI is InChI=1S/C15H22O2/c1-11(10-17-2)13-9-5-7-12-6-3-4-8-14(12)15(13)16/h3-4,6,8,11,13,15-16H,5,7,9-10H2,1-2H3. The highest BCUT2D eigenvalue weighted by atomic mass is 16.5. The van der Waals surface area contributed by atoms with E-state index in [0.29, 0.717) is 11.8 Å². The number of benzene rings is 1. The fourth-order valence-electron chi connectivity index (χ4n) is 2.95. The molecule has 0 bridgehead atoms. The minimum absolute atomic E-state index is 0.318. The normalized spacial score (nSPS) is 26.1. The van der Waals surface area contributed by atoms with E-state index in [9.17, 15) is 5.11 Å². The zero-order valence-corrected chi connectivity index (χ0v) is 10.7. The van der Waals surface area contributed by atoms with Gasteiger partial charge in [-0.15, -0.1) is 0 Å². The summed E-state index contributed by atoms with van der Waals surface area (Å²) in [6, 6.07) is 8.29. The van der Waals surface area contributed by atoms with Crippen LogP contribution >= 0.6 is 0 Å². The van der Waals surface area contributed by atoms with Crippen molar-refractivity contribution in [3.8, 4) is 0 Å². The number of fused-ring (bicyclic) bond motifs is 1. The third-order valence-electron chi connectivity index (χ3n) is 3.92. The van der Waals surface area contributed by atoms with Gasteiger partial charge >= 0.3 is 0 Å². The van der Waals surface area contributed by atoms with Gasteiger partial charge < -0.3 is 9.84 Å². The topological polar surface area (TPSA) is 29.5 Å². The minimum atomic E-state index is -0.334. The molecule has 0 amide bonds. The molecule has 2 heteroatoms. The second kappa shape index (κ2) is 5.65. The molecule has 0 spiro atoms. The number of rotatable bonds is 3. The molecule has 1 aliphatic rings. The maximum Gasteiger partial charge on any atom is 0.0824 e. The molecule has 1 aromatic carbocycles. The van der Waals surface area contributed by atoms with Gasteiger partial charge in [0.2, 0.25) is 0 Å². The summed E-state index contributed by atoms with van der Waals surface area (Å²) in [7, 11) is 1.73. The zero-order chi connectivity index (χ0) is 12.3. The van der Waals surface area contributed by atoms with Crippen LogP contribution in [0.3, 0.4) is 0 Å². The van der Waals surface area contributed by atoms with Crippen molar-refractivity contribution >= 4 is 0 Å². The predicted molar refractivity (Wildman–Crippen MR) is 68.9 cm³/mol. The van der Waals surface area contributed by atoms with E-state index >= 15 is 0 Å². The predicted octanol–water partition coefficient (Wildman–Crippen LogP) is 2.96. The van der Waals surface area contributed by atoms with Crippen molar-refractivity contribution in [1.29, 1.82) is 0 Å². The first-order chi connectivity index (χ1) is 8.24. The number of ether oxygens (including phenoxy) is 1.